The first-order chi connectivity index (χ1) is 10.5. The molecule has 1 unspecified atom stereocenters. The average Bonchev–Trinajstić information content (AvgIpc) is 2.51. The summed E-state index contributed by atoms with van der Waals surface area (Å²) < 4.78 is 1.04. The predicted molar refractivity (Wildman–Crippen MR) is 93.6 cm³/mol. The highest BCUT2D eigenvalue weighted by Gasteiger charge is 2.09. The topological polar surface area (TPSA) is 54.0 Å². The number of carbonyl (C=O) groups is 1. The number of anilines is 2. The van der Waals surface area contributed by atoms with E-state index in [2.05, 4.69) is 31.5 Å². The van der Waals surface area contributed by atoms with Crippen molar-refractivity contribution in [2.24, 2.45) is 0 Å². The van der Waals surface area contributed by atoms with E-state index < -0.39 is 0 Å². The van der Waals surface area contributed by atoms with Gasteiger partial charge in [-0.3, -0.25) is 4.79 Å². The molecule has 0 aliphatic rings. The van der Waals surface area contributed by atoms with Gasteiger partial charge in [0.15, 0.2) is 0 Å². The Bertz CT molecular complexity index is 655. The van der Waals surface area contributed by atoms with E-state index in [-0.39, 0.29) is 11.9 Å². The van der Waals surface area contributed by atoms with Crippen molar-refractivity contribution in [1.82, 2.24) is 10.3 Å². The van der Waals surface area contributed by atoms with Crippen molar-refractivity contribution in [1.29, 1.82) is 0 Å². The van der Waals surface area contributed by atoms with E-state index in [1.165, 1.54) is 5.56 Å². The molecule has 5 heteroatoms. The molecule has 1 amide bonds. The van der Waals surface area contributed by atoms with Crippen molar-refractivity contribution in [3.05, 3.63) is 52.1 Å². The third-order valence-electron chi connectivity index (χ3n) is 3.46. The van der Waals surface area contributed by atoms with Crippen LogP contribution in [-0.2, 0) is 0 Å². The van der Waals surface area contributed by atoms with Gasteiger partial charge in [0.1, 0.15) is 5.82 Å². The molecule has 0 aliphatic carbocycles. The van der Waals surface area contributed by atoms with Gasteiger partial charge >= 0.3 is 0 Å². The normalized spacial score (nSPS) is 11.8. The lowest BCUT2D eigenvalue weighted by atomic mass is 10.2. The van der Waals surface area contributed by atoms with Crippen LogP contribution >= 0.6 is 15.9 Å². The molecule has 0 saturated carbocycles. The third-order valence-corrected chi connectivity index (χ3v) is 4.31. The summed E-state index contributed by atoms with van der Waals surface area (Å²) in [5.41, 5.74) is 2.69. The number of carbonyl (C=O) groups excluding carboxylic acids is 1. The van der Waals surface area contributed by atoms with Gasteiger partial charge in [0.2, 0.25) is 0 Å². The van der Waals surface area contributed by atoms with Crippen LogP contribution in [0, 0.1) is 6.92 Å². The van der Waals surface area contributed by atoms with Crippen molar-refractivity contribution in [2.45, 2.75) is 33.2 Å². The fraction of sp³-hybridized carbons (Fsp3) is 0.294. The molecule has 116 valence electrons. The highest BCUT2D eigenvalue weighted by Crippen LogP contribution is 2.22. The van der Waals surface area contributed by atoms with E-state index in [1.807, 2.05) is 39.0 Å². The molecule has 4 nitrogen and oxygen atoms in total. The van der Waals surface area contributed by atoms with Gasteiger partial charge in [0.05, 0.1) is 5.56 Å². The second kappa shape index (κ2) is 7.40. The number of aromatic nitrogens is 1. The molecule has 1 atom stereocenters. The van der Waals surface area contributed by atoms with Gasteiger partial charge in [-0.05, 0) is 50.1 Å². The zero-order valence-electron chi connectivity index (χ0n) is 13.0. The van der Waals surface area contributed by atoms with Gasteiger partial charge in [0.25, 0.3) is 5.91 Å². The molecule has 2 aromatic rings. The zero-order chi connectivity index (χ0) is 16.1. The zero-order valence-corrected chi connectivity index (χ0v) is 14.6. The summed E-state index contributed by atoms with van der Waals surface area (Å²) in [5, 5.41) is 6.14. The molecule has 0 spiro atoms. The molecule has 0 radical (unpaired) electrons. The van der Waals surface area contributed by atoms with Gasteiger partial charge in [-0.25, -0.2) is 4.98 Å². The first-order valence-corrected chi connectivity index (χ1v) is 8.09. The number of amides is 1. The number of benzene rings is 1. The highest BCUT2D eigenvalue weighted by molar-refractivity contribution is 9.10. The van der Waals surface area contributed by atoms with Crippen LogP contribution in [0.4, 0.5) is 11.5 Å². The summed E-state index contributed by atoms with van der Waals surface area (Å²) >= 11 is 3.51. The van der Waals surface area contributed by atoms with E-state index >= 15 is 0 Å². The Kier molecular flexibility index (Phi) is 5.55. The van der Waals surface area contributed by atoms with Crippen LogP contribution in [-0.4, -0.2) is 16.9 Å². The van der Waals surface area contributed by atoms with Gasteiger partial charge < -0.3 is 10.6 Å². The molecule has 1 aromatic heterocycles. The van der Waals surface area contributed by atoms with Crippen LogP contribution < -0.4 is 10.6 Å². The maximum atomic E-state index is 12.0. The monoisotopic (exact) mass is 361 g/mol. The van der Waals surface area contributed by atoms with Crippen LogP contribution in [0.1, 0.15) is 36.2 Å². The van der Waals surface area contributed by atoms with Crippen LogP contribution in [0.15, 0.2) is 41.0 Å². The lowest BCUT2D eigenvalue weighted by Gasteiger charge is -2.11. The molecule has 2 N–H and O–H groups in total. The second-order valence-electron chi connectivity index (χ2n) is 5.30. The van der Waals surface area contributed by atoms with E-state index in [1.54, 1.807) is 18.3 Å². The molecule has 1 aromatic carbocycles. The lowest BCUT2D eigenvalue weighted by molar-refractivity contribution is 0.0939. The van der Waals surface area contributed by atoms with Crippen LogP contribution in [0.2, 0.25) is 0 Å². The number of pyridine rings is 1. The number of nitrogens with zero attached hydrogens (tertiary/aromatic N) is 1. The van der Waals surface area contributed by atoms with Crippen LogP contribution in [0.5, 0.6) is 0 Å². The summed E-state index contributed by atoms with van der Waals surface area (Å²) in [6.45, 7) is 6.06. The third kappa shape index (κ3) is 4.31. The molecular formula is C17H20BrN3O. The summed E-state index contributed by atoms with van der Waals surface area (Å²) in [4.78, 5) is 16.3. The number of nitrogens with one attached hydrogen (secondary N) is 2. The summed E-state index contributed by atoms with van der Waals surface area (Å²) in [7, 11) is 0. The van der Waals surface area contributed by atoms with E-state index in [0.717, 1.165) is 16.6 Å². The van der Waals surface area contributed by atoms with Crippen molar-refractivity contribution in [2.75, 3.05) is 5.32 Å². The van der Waals surface area contributed by atoms with Crippen molar-refractivity contribution in [3.63, 3.8) is 0 Å². The Morgan fingerprint density at radius 3 is 2.68 bits per heavy atom. The highest BCUT2D eigenvalue weighted by atomic mass is 79.9. The fourth-order valence-corrected chi connectivity index (χ4v) is 2.21. The maximum absolute atomic E-state index is 12.0. The largest absolute Gasteiger partial charge is 0.350 e. The van der Waals surface area contributed by atoms with E-state index in [4.69, 9.17) is 0 Å². The van der Waals surface area contributed by atoms with Crippen molar-refractivity contribution < 1.29 is 4.79 Å². The maximum Gasteiger partial charge on any atom is 0.253 e. The number of hydrogen-bond donors (Lipinski definition) is 2. The minimum atomic E-state index is -0.0912. The van der Waals surface area contributed by atoms with Gasteiger partial charge in [-0.1, -0.05) is 28.9 Å². The van der Waals surface area contributed by atoms with Gasteiger partial charge in [0, 0.05) is 22.4 Å². The first kappa shape index (κ1) is 16.5. The molecule has 0 saturated heterocycles. The Hall–Kier alpha value is -1.88. The molecular weight excluding hydrogens is 342 g/mol. The van der Waals surface area contributed by atoms with E-state index in [9.17, 15) is 4.79 Å². The summed E-state index contributed by atoms with van der Waals surface area (Å²) in [6.07, 6.45) is 2.49. The Morgan fingerprint density at radius 2 is 2.09 bits per heavy atom. The SMILES string of the molecule is CCC(C)NC(=O)c1ccc(Nc2ccc(C)c(Br)c2)nc1. The Labute approximate surface area is 139 Å². The lowest BCUT2D eigenvalue weighted by Crippen LogP contribution is -2.31. The second-order valence-corrected chi connectivity index (χ2v) is 6.16. The summed E-state index contributed by atoms with van der Waals surface area (Å²) in [5.74, 6) is 0.613. The van der Waals surface area contributed by atoms with Crippen molar-refractivity contribution >= 4 is 33.3 Å². The number of rotatable bonds is 5. The number of halogens is 1. The van der Waals surface area contributed by atoms with Crippen LogP contribution in [0.25, 0.3) is 0 Å². The molecule has 0 aliphatic heterocycles. The molecule has 0 bridgehead atoms. The molecule has 1 heterocycles. The predicted octanol–water partition coefficient (Wildman–Crippen LogP) is 4.42. The Balaban J connectivity index is 2.05. The quantitative estimate of drug-likeness (QED) is 0.828. The first-order valence-electron chi connectivity index (χ1n) is 7.29. The molecule has 22 heavy (non-hydrogen) atoms. The fourth-order valence-electron chi connectivity index (χ4n) is 1.83. The Morgan fingerprint density at radius 1 is 1.32 bits per heavy atom. The molecule has 2 rings (SSSR count). The number of hydrogen-bond acceptors (Lipinski definition) is 3. The standard InChI is InChI=1S/C17H20BrN3O/c1-4-12(3)20-17(22)13-6-8-16(19-10-13)21-14-7-5-11(2)15(18)9-14/h5-10,12H,4H2,1-3H3,(H,19,21)(H,20,22). The van der Waals surface area contributed by atoms with E-state index in [0.29, 0.717) is 11.4 Å². The average molecular weight is 362 g/mol. The molecule has 0 fully saturated rings. The minimum Gasteiger partial charge on any atom is -0.350 e. The number of aryl methyl sites for hydroxylation is 1. The van der Waals surface area contributed by atoms with Crippen molar-refractivity contribution in [3.8, 4) is 0 Å². The van der Waals surface area contributed by atoms with Gasteiger partial charge in [-0.15, -0.1) is 0 Å². The minimum absolute atomic E-state index is 0.0912. The van der Waals surface area contributed by atoms with Gasteiger partial charge in [-0.2, -0.15) is 0 Å². The smallest absolute Gasteiger partial charge is 0.253 e. The summed E-state index contributed by atoms with van der Waals surface area (Å²) in [6, 6.07) is 9.76. The van der Waals surface area contributed by atoms with Crippen LogP contribution in [0.3, 0.4) is 0 Å².